The Balaban J connectivity index is 0.00000169. The van der Waals surface area contributed by atoms with Crippen LogP contribution in [0.15, 0.2) is 10.6 Å². The van der Waals surface area contributed by atoms with Crippen molar-refractivity contribution in [2.75, 3.05) is 6.54 Å². The van der Waals surface area contributed by atoms with Crippen LogP contribution in [-0.4, -0.2) is 28.6 Å². The van der Waals surface area contributed by atoms with E-state index in [1.54, 1.807) is 0 Å². The number of rotatable bonds is 2. The Morgan fingerprint density at radius 3 is 2.58 bits per heavy atom. The molecule has 3 unspecified atom stereocenters. The summed E-state index contributed by atoms with van der Waals surface area (Å²) in [5.74, 6) is 2.43. The molecule has 1 aromatic heterocycles. The van der Waals surface area contributed by atoms with Gasteiger partial charge in [-0.05, 0) is 57.3 Å². The Kier molecular flexibility index (Phi) is 5.21. The lowest BCUT2D eigenvalue weighted by molar-refractivity contribution is -0.140. The van der Waals surface area contributed by atoms with Crippen molar-refractivity contribution in [3.8, 4) is 0 Å². The maximum absolute atomic E-state index is 13.2. The molecule has 2 N–H and O–H groups in total. The molecule has 2 heterocycles. The van der Waals surface area contributed by atoms with Gasteiger partial charge in [0.15, 0.2) is 5.76 Å². The Labute approximate surface area is 149 Å². The molecule has 1 aliphatic heterocycles. The molecule has 2 aliphatic carbocycles. The minimum Gasteiger partial charge on any atom is -0.359 e. The van der Waals surface area contributed by atoms with E-state index >= 15 is 0 Å². The summed E-state index contributed by atoms with van der Waals surface area (Å²) in [6.45, 7) is 2.78. The van der Waals surface area contributed by atoms with Gasteiger partial charge in [-0.2, -0.15) is 0 Å². The number of amides is 1. The van der Waals surface area contributed by atoms with Crippen molar-refractivity contribution in [1.29, 1.82) is 0 Å². The standard InChI is InChI=1S/C18H27N3O2.ClH/c1-11-8-16(23-20-11)15-6-3-7-21(15)18(22)14-9-12-4-2-5-13(10-14)17(12)19;/h8,12-15,17H,2-7,9-10,19H2,1H3;1H. The van der Waals surface area contributed by atoms with E-state index in [1.807, 2.05) is 13.0 Å². The molecule has 3 fully saturated rings. The zero-order chi connectivity index (χ0) is 16.0. The highest BCUT2D eigenvalue weighted by molar-refractivity contribution is 5.85. The third-order valence-electron chi connectivity index (χ3n) is 6.27. The van der Waals surface area contributed by atoms with Crippen molar-refractivity contribution < 1.29 is 9.32 Å². The summed E-state index contributed by atoms with van der Waals surface area (Å²) in [6.07, 6.45) is 7.69. The van der Waals surface area contributed by atoms with Gasteiger partial charge in [-0.3, -0.25) is 4.79 Å². The molecule has 0 radical (unpaired) electrons. The molecule has 5 nitrogen and oxygen atoms in total. The van der Waals surface area contributed by atoms with E-state index in [9.17, 15) is 4.79 Å². The van der Waals surface area contributed by atoms with Crippen LogP contribution in [0.5, 0.6) is 0 Å². The van der Waals surface area contributed by atoms with Crippen LogP contribution in [0.4, 0.5) is 0 Å². The Bertz CT molecular complexity index is 577. The number of hydrogen-bond donors (Lipinski definition) is 1. The van der Waals surface area contributed by atoms with Crippen molar-refractivity contribution in [3.63, 3.8) is 0 Å². The average molecular weight is 354 g/mol. The van der Waals surface area contributed by atoms with Gasteiger partial charge in [-0.15, -0.1) is 12.4 Å². The van der Waals surface area contributed by atoms with Gasteiger partial charge in [0, 0.05) is 24.6 Å². The molecule has 134 valence electrons. The zero-order valence-corrected chi connectivity index (χ0v) is 15.1. The zero-order valence-electron chi connectivity index (χ0n) is 14.3. The molecular formula is C18H28ClN3O2. The van der Waals surface area contributed by atoms with Crippen LogP contribution >= 0.6 is 12.4 Å². The Morgan fingerprint density at radius 2 is 1.96 bits per heavy atom. The van der Waals surface area contributed by atoms with Gasteiger partial charge >= 0.3 is 0 Å². The molecule has 1 aromatic rings. The van der Waals surface area contributed by atoms with Crippen LogP contribution < -0.4 is 5.73 Å². The van der Waals surface area contributed by atoms with Gasteiger partial charge in [0.05, 0.1) is 11.7 Å². The number of carbonyl (C=O) groups is 1. The first-order valence-corrected chi connectivity index (χ1v) is 9.12. The van der Waals surface area contributed by atoms with Crippen LogP contribution in [0.3, 0.4) is 0 Å². The Hall–Kier alpha value is -1.07. The third-order valence-corrected chi connectivity index (χ3v) is 6.27. The topological polar surface area (TPSA) is 72.4 Å². The largest absolute Gasteiger partial charge is 0.359 e. The number of carbonyl (C=O) groups excluding carboxylic acids is 1. The Morgan fingerprint density at radius 1 is 1.25 bits per heavy atom. The fraction of sp³-hybridized carbons (Fsp3) is 0.778. The van der Waals surface area contributed by atoms with E-state index in [0.717, 1.165) is 43.7 Å². The quantitative estimate of drug-likeness (QED) is 0.886. The molecular weight excluding hydrogens is 326 g/mol. The number of hydrogen-bond acceptors (Lipinski definition) is 4. The lowest BCUT2D eigenvalue weighted by atomic mass is 9.65. The normalized spacial score (nSPS) is 35.6. The van der Waals surface area contributed by atoms with Gasteiger partial charge in [-0.1, -0.05) is 11.6 Å². The molecule has 3 aliphatic rings. The number of aryl methyl sites for hydroxylation is 1. The fourth-order valence-corrected chi connectivity index (χ4v) is 5.09. The highest BCUT2D eigenvalue weighted by Crippen LogP contribution is 2.44. The number of likely N-dealkylation sites (tertiary alicyclic amines) is 1. The molecule has 6 heteroatoms. The van der Waals surface area contributed by atoms with Crippen LogP contribution in [-0.2, 0) is 4.79 Å². The first kappa shape index (κ1) is 17.7. The van der Waals surface area contributed by atoms with Crippen molar-refractivity contribution in [3.05, 3.63) is 17.5 Å². The monoisotopic (exact) mass is 353 g/mol. The second-order valence-electron chi connectivity index (χ2n) is 7.76. The SMILES string of the molecule is Cc1cc(C2CCCN2C(=O)C2CC3CCCC(C2)C3N)on1.Cl. The highest BCUT2D eigenvalue weighted by Gasteiger charge is 2.43. The van der Waals surface area contributed by atoms with E-state index in [4.69, 9.17) is 10.3 Å². The first-order chi connectivity index (χ1) is 11.1. The minimum absolute atomic E-state index is 0. The van der Waals surface area contributed by atoms with Gasteiger partial charge in [0.25, 0.3) is 0 Å². The smallest absolute Gasteiger partial charge is 0.226 e. The molecule has 2 bridgehead atoms. The first-order valence-electron chi connectivity index (χ1n) is 9.12. The second-order valence-corrected chi connectivity index (χ2v) is 7.76. The minimum atomic E-state index is 0. The summed E-state index contributed by atoms with van der Waals surface area (Å²) in [4.78, 5) is 15.2. The third kappa shape index (κ3) is 3.08. The summed E-state index contributed by atoms with van der Waals surface area (Å²) >= 11 is 0. The molecule has 1 saturated heterocycles. The average Bonchev–Trinajstić information content (AvgIpc) is 3.14. The molecule has 0 spiro atoms. The summed E-state index contributed by atoms with van der Waals surface area (Å²) in [5.41, 5.74) is 7.26. The second kappa shape index (κ2) is 7.04. The molecule has 2 saturated carbocycles. The van der Waals surface area contributed by atoms with Crippen molar-refractivity contribution >= 4 is 18.3 Å². The lowest BCUT2D eigenvalue weighted by Gasteiger charge is -2.44. The summed E-state index contributed by atoms with van der Waals surface area (Å²) in [5, 5.41) is 3.99. The van der Waals surface area contributed by atoms with Crippen LogP contribution in [0.2, 0.25) is 0 Å². The molecule has 1 amide bonds. The van der Waals surface area contributed by atoms with Gasteiger partial charge in [0.1, 0.15) is 0 Å². The summed E-state index contributed by atoms with van der Waals surface area (Å²) < 4.78 is 5.44. The number of nitrogens with two attached hydrogens (primary N) is 1. The van der Waals surface area contributed by atoms with E-state index in [-0.39, 0.29) is 24.4 Å². The predicted molar refractivity (Wildman–Crippen MR) is 93.7 cm³/mol. The maximum atomic E-state index is 13.2. The van der Waals surface area contributed by atoms with Gasteiger partial charge < -0.3 is 15.2 Å². The van der Waals surface area contributed by atoms with Gasteiger partial charge in [-0.25, -0.2) is 0 Å². The fourth-order valence-electron chi connectivity index (χ4n) is 5.09. The number of halogens is 1. The number of aromatic nitrogens is 1. The van der Waals surface area contributed by atoms with E-state index in [2.05, 4.69) is 10.1 Å². The van der Waals surface area contributed by atoms with Crippen LogP contribution in [0.25, 0.3) is 0 Å². The molecule has 3 atom stereocenters. The van der Waals surface area contributed by atoms with E-state index < -0.39 is 0 Å². The van der Waals surface area contributed by atoms with E-state index in [1.165, 1.54) is 19.3 Å². The van der Waals surface area contributed by atoms with Crippen molar-refractivity contribution in [1.82, 2.24) is 10.1 Å². The number of nitrogens with zero attached hydrogens (tertiary/aromatic N) is 2. The van der Waals surface area contributed by atoms with Crippen molar-refractivity contribution in [2.45, 2.75) is 64.0 Å². The summed E-state index contributed by atoms with van der Waals surface area (Å²) in [7, 11) is 0. The number of fused-ring (bicyclic) bond motifs is 2. The van der Waals surface area contributed by atoms with Crippen molar-refractivity contribution in [2.24, 2.45) is 23.5 Å². The maximum Gasteiger partial charge on any atom is 0.226 e. The van der Waals surface area contributed by atoms with Crippen LogP contribution in [0.1, 0.15) is 62.4 Å². The van der Waals surface area contributed by atoms with Gasteiger partial charge in [0.2, 0.25) is 5.91 Å². The molecule has 4 rings (SSSR count). The highest BCUT2D eigenvalue weighted by atomic mass is 35.5. The van der Waals surface area contributed by atoms with Crippen LogP contribution in [0, 0.1) is 24.7 Å². The van der Waals surface area contributed by atoms with E-state index in [0.29, 0.717) is 23.8 Å². The molecule has 0 aromatic carbocycles. The predicted octanol–water partition coefficient (Wildman–Crippen LogP) is 3.22. The lowest BCUT2D eigenvalue weighted by Crippen LogP contribution is -2.49. The summed E-state index contributed by atoms with van der Waals surface area (Å²) in [6, 6.07) is 2.38. The molecule has 24 heavy (non-hydrogen) atoms.